The fourth-order valence-corrected chi connectivity index (χ4v) is 2.96. The van der Waals surface area contributed by atoms with Crippen LogP contribution in [0.15, 0.2) is 27.8 Å². The van der Waals surface area contributed by atoms with Gasteiger partial charge in [0, 0.05) is 19.2 Å². The van der Waals surface area contributed by atoms with Crippen LogP contribution in [0.25, 0.3) is 10.9 Å². The van der Waals surface area contributed by atoms with Gasteiger partial charge >= 0.3 is 5.69 Å². The number of piperidine rings is 1. The van der Waals surface area contributed by atoms with Gasteiger partial charge in [-0.15, -0.1) is 17.0 Å². The molecule has 0 radical (unpaired) electrons. The summed E-state index contributed by atoms with van der Waals surface area (Å²) in [4.78, 5) is 25.3. The van der Waals surface area contributed by atoms with E-state index >= 15 is 0 Å². The van der Waals surface area contributed by atoms with Gasteiger partial charge in [-0.1, -0.05) is 0 Å². The third-order valence-corrected chi connectivity index (χ3v) is 4.18. The minimum Gasteiger partial charge on any atom is -0.497 e. The number of rotatable bonds is 2. The van der Waals surface area contributed by atoms with Crippen molar-refractivity contribution in [2.24, 2.45) is 7.05 Å². The first-order valence-corrected chi connectivity index (χ1v) is 7.13. The summed E-state index contributed by atoms with van der Waals surface area (Å²) in [6.07, 6.45) is 1.60. The van der Waals surface area contributed by atoms with Crippen LogP contribution in [0.1, 0.15) is 18.9 Å². The van der Waals surface area contributed by atoms with Crippen molar-refractivity contribution in [3.63, 3.8) is 0 Å². The maximum Gasteiger partial charge on any atom is 0.331 e. The number of fused-ring (bicyclic) bond motifs is 1. The smallest absolute Gasteiger partial charge is 0.331 e. The van der Waals surface area contributed by atoms with Gasteiger partial charge in [0.2, 0.25) is 0 Å². The largest absolute Gasteiger partial charge is 0.497 e. The highest BCUT2D eigenvalue weighted by Crippen LogP contribution is 2.19. The molecule has 0 atom stereocenters. The second kappa shape index (κ2) is 6.66. The van der Waals surface area contributed by atoms with Crippen molar-refractivity contribution in [3.05, 3.63) is 39.0 Å². The van der Waals surface area contributed by atoms with Gasteiger partial charge in [-0.25, -0.2) is 4.79 Å². The molecule has 1 aliphatic heterocycles. The standard InChI is InChI=1S/C15H19N3O3.BrH/c1-17-13-9-11(21-2)3-4-12(13)14(19)18(15(17)20)10-5-7-16-8-6-10;/h3-4,9-10,16H,5-8H2,1-2H3;1H. The van der Waals surface area contributed by atoms with Crippen molar-refractivity contribution in [2.75, 3.05) is 20.2 Å². The van der Waals surface area contributed by atoms with E-state index in [1.54, 1.807) is 32.4 Å². The van der Waals surface area contributed by atoms with E-state index in [0.717, 1.165) is 25.9 Å². The zero-order valence-electron chi connectivity index (χ0n) is 12.7. The Morgan fingerprint density at radius 3 is 2.55 bits per heavy atom. The van der Waals surface area contributed by atoms with Gasteiger partial charge < -0.3 is 10.1 Å². The molecule has 0 spiro atoms. The Balaban J connectivity index is 0.00000176. The normalized spacial score (nSPS) is 15.5. The first kappa shape index (κ1) is 16.8. The minimum absolute atomic E-state index is 0. The summed E-state index contributed by atoms with van der Waals surface area (Å²) in [6.45, 7) is 1.67. The van der Waals surface area contributed by atoms with E-state index in [2.05, 4.69) is 5.32 Å². The molecule has 0 amide bonds. The van der Waals surface area contributed by atoms with Gasteiger partial charge in [0.25, 0.3) is 5.56 Å². The number of halogens is 1. The number of aromatic nitrogens is 2. The highest BCUT2D eigenvalue weighted by molar-refractivity contribution is 8.93. The van der Waals surface area contributed by atoms with E-state index in [1.807, 2.05) is 0 Å². The Morgan fingerprint density at radius 2 is 1.91 bits per heavy atom. The summed E-state index contributed by atoms with van der Waals surface area (Å²) in [6, 6.07) is 5.18. The van der Waals surface area contributed by atoms with Crippen LogP contribution in [-0.4, -0.2) is 29.3 Å². The number of hydrogen-bond donors (Lipinski definition) is 1. The van der Waals surface area contributed by atoms with Crippen molar-refractivity contribution in [3.8, 4) is 5.75 Å². The van der Waals surface area contributed by atoms with E-state index in [9.17, 15) is 9.59 Å². The highest BCUT2D eigenvalue weighted by atomic mass is 79.9. The van der Waals surface area contributed by atoms with Crippen LogP contribution >= 0.6 is 17.0 Å². The molecule has 1 aromatic carbocycles. The lowest BCUT2D eigenvalue weighted by molar-refractivity contribution is 0.347. The highest BCUT2D eigenvalue weighted by Gasteiger charge is 2.21. The number of nitrogens with one attached hydrogen (secondary N) is 1. The topological polar surface area (TPSA) is 65.3 Å². The number of benzene rings is 1. The average molecular weight is 370 g/mol. The van der Waals surface area contributed by atoms with Crippen molar-refractivity contribution >= 4 is 27.9 Å². The van der Waals surface area contributed by atoms with E-state index in [4.69, 9.17) is 4.74 Å². The molecular weight excluding hydrogens is 350 g/mol. The van der Waals surface area contributed by atoms with Crippen LogP contribution in [0.5, 0.6) is 5.75 Å². The number of hydrogen-bond acceptors (Lipinski definition) is 4. The Hall–Kier alpha value is -1.60. The fourth-order valence-electron chi connectivity index (χ4n) is 2.96. The maximum absolute atomic E-state index is 12.7. The van der Waals surface area contributed by atoms with Crippen molar-refractivity contribution in [1.82, 2.24) is 14.5 Å². The second-order valence-electron chi connectivity index (χ2n) is 5.38. The van der Waals surface area contributed by atoms with Gasteiger partial charge in [0.1, 0.15) is 5.75 Å². The lowest BCUT2D eigenvalue weighted by atomic mass is 10.1. The SMILES string of the molecule is Br.COc1ccc2c(=O)n(C3CCNCC3)c(=O)n(C)c2c1. The molecule has 1 aromatic heterocycles. The van der Waals surface area contributed by atoms with Crippen LogP contribution in [0.3, 0.4) is 0 Å². The Morgan fingerprint density at radius 1 is 1.23 bits per heavy atom. The summed E-state index contributed by atoms with van der Waals surface area (Å²) in [5.74, 6) is 0.636. The molecular formula is C15H20BrN3O3. The van der Waals surface area contributed by atoms with E-state index in [1.165, 1.54) is 9.13 Å². The summed E-state index contributed by atoms with van der Waals surface area (Å²) in [5.41, 5.74) is 0.143. The lowest BCUT2D eigenvalue weighted by Gasteiger charge is -2.25. The predicted octanol–water partition coefficient (Wildman–Crippen LogP) is 1.21. The molecule has 0 aliphatic carbocycles. The van der Waals surface area contributed by atoms with Gasteiger partial charge in [-0.05, 0) is 38.1 Å². The molecule has 0 bridgehead atoms. The lowest BCUT2D eigenvalue weighted by Crippen LogP contribution is -2.44. The molecule has 2 heterocycles. The first-order chi connectivity index (χ1) is 10.1. The number of nitrogens with zero attached hydrogens (tertiary/aromatic N) is 2. The first-order valence-electron chi connectivity index (χ1n) is 7.13. The van der Waals surface area contributed by atoms with Crippen LogP contribution in [0.4, 0.5) is 0 Å². The predicted molar refractivity (Wildman–Crippen MR) is 91.5 cm³/mol. The molecule has 3 rings (SSSR count). The molecule has 22 heavy (non-hydrogen) atoms. The van der Waals surface area contributed by atoms with Crippen LogP contribution < -0.4 is 21.3 Å². The third kappa shape index (κ3) is 2.70. The Labute approximate surface area is 138 Å². The maximum atomic E-state index is 12.7. The van der Waals surface area contributed by atoms with Crippen molar-refractivity contribution in [2.45, 2.75) is 18.9 Å². The van der Waals surface area contributed by atoms with Gasteiger partial charge in [-0.3, -0.25) is 13.9 Å². The van der Waals surface area contributed by atoms with Crippen LogP contribution in [-0.2, 0) is 7.05 Å². The molecule has 1 N–H and O–H groups in total. The summed E-state index contributed by atoms with van der Waals surface area (Å²) >= 11 is 0. The number of ether oxygens (including phenoxy) is 1. The van der Waals surface area contributed by atoms with Gasteiger partial charge in [0.05, 0.1) is 18.0 Å². The van der Waals surface area contributed by atoms with Gasteiger partial charge in [-0.2, -0.15) is 0 Å². The summed E-state index contributed by atoms with van der Waals surface area (Å²) < 4.78 is 8.11. The zero-order chi connectivity index (χ0) is 15.0. The Kier molecular flexibility index (Phi) is 5.08. The fraction of sp³-hybridized carbons (Fsp3) is 0.467. The zero-order valence-corrected chi connectivity index (χ0v) is 14.4. The molecule has 120 valence electrons. The third-order valence-electron chi connectivity index (χ3n) is 4.18. The average Bonchev–Trinajstić information content (AvgIpc) is 2.53. The number of aryl methyl sites for hydroxylation is 1. The molecule has 1 fully saturated rings. The molecule has 1 saturated heterocycles. The molecule has 0 unspecified atom stereocenters. The van der Waals surface area contributed by atoms with Crippen molar-refractivity contribution in [1.29, 1.82) is 0 Å². The quantitative estimate of drug-likeness (QED) is 0.863. The monoisotopic (exact) mass is 369 g/mol. The molecule has 1 aliphatic rings. The summed E-state index contributed by atoms with van der Waals surface area (Å²) in [7, 11) is 3.26. The molecule has 6 nitrogen and oxygen atoms in total. The molecule has 7 heteroatoms. The van der Waals surface area contributed by atoms with E-state index in [-0.39, 0.29) is 34.3 Å². The van der Waals surface area contributed by atoms with Gasteiger partial charge in [0.15, 0.2) is 0 Å². The summed E-state index contributed by atoms with van der Waals surface area (Å²) in [5, 5.41) is 3.80. The minimum atomic E-state index is -0.257. The van der Waals surface area contributed by atoms with E-state index in [0.29, 0.717) is 16.7 Å². The Bertz CT molecular complexity index is 791. The molecule has 2 aromatic rings. The van der Waals surface area contributed by atoms with Crippen LogP contribution in [0.2, 0.25) is 0 Å². The molecule has 0 saturated carbocycles. The number of methoxy groups -OCH3 is 1. The van der Waals surface area contributed by atoms with E-state index < -0.39 is 0 Å². The van der Waals surface area contributed by atoms with Crippen LogP contribution in [0, 0.1) is 0 Å². The van der Waals surface area contributed by atoms with Crippen molar-refractivity contribution < 1.29 is 4.74 Å². The second-order valence-corrected chi connectivity index (χ2v) is 5.38.